The van der Waals surface area contributed by atoms with Crippen LogP contribution in [0.4, 0.5) is 5.69 Å². The molecule has 1 fully saturated rings. The molecule has 2 aromatic heterocycles. The Morgan fingerprint density at radius 2 is 1.75 bits per heavy atom. The molecule has 1 aliphatic heterocycles. The first-order valence-corrected chi connectivity index (χ1v) is 16.5. The molecule has 228 valence electrons. The summed E-state index contributed by atoms with van der Waals surface area (Å²) in [5.74, 6) is -0.0854. The van der Waals surface area contributed by atoms with Crippen LogP contribution in [0.2, 0.25) is 0 Å². The van der Waals surface area contributed by atoms with Gasteiger partial charge in [-0.05, 0) is 77.4 Å². The molecule has 0 amide bonds. The maximum absolute atomic E-state index is 13.5. The Hall–Kier alpha value is -4.25. The number of benzene rings is 3. The van der Waals surface area contributed by atoms with Gasteiger partial charge in [0, 0.05) is 30.8 Å². The number of nitrogens with zero attached hydrogens (tertiary/aromatic N) is 2. The van der Waals surface area contributed by atoms with Crippen molar-refractivity contribution >= 4 is 43.5 Å². The highest BCUT2D eigenvalue weighted by Crippen LogP contribution is 2.29. The van der Waals surface area contributed by atoms with Gasteiger partial charge >= 0.3 is 5.97 Å². The average molecular weight is 613 g/mol. The second kappa shape index (κ2) is 13.2. The number of pyridine rings is 1. The average Bonchev–Trinajstić information content (AvgIpc) is 3.39. The number of rotatable bonds is 11. The number of fused-ring (bicyclic) bond motifs is 2. The topological polar surface area (TPSA) is 126 Å². The lowest BCUT2D eigenvalue weighted by atomic mass is 9.97. The zero-order valence-electron chi connectivity index (χ0n) is 24.4. The van der Waals surface area contributed by atoms with Crippen LogP contribution in [-0.4, -0.2) is 43.8 Å². The van der Waals surface area contributed by atoms with Gasteiger partial charge in [0.25, 0.3) is 0 Å². The van der Waals surface area contributed by atoms with Crippen LogP contribution in [0.25, 0.3) is 21.8 Å². The molecule has 1 saturated heterocycles. The molecule has 0 atom stereocenters. The van der Waals surface area contributed by atoms with Crippen LogP contribution < -0.4 is 10.5 Å². The molecule has 9 nitrogen and oxygen atoms in total. The van der Waals surface area contributed by atoms with Crippen molar-refractivity contribution in [2.24, 2.45) is 11.7 Å². The molecule has 0 bridgehead atoms. The monoisotopic (exact) mass is 612 g/mol. The van der Waals surface area contributed by atoms with Crippen molar-refractivity contribution in [1.82, 2.24) is 9.55 Å². The van der Waals surface area contributed by atoms with E-state index in [-0.39, 0.29) is 18.8 Å². The minimum Gasteiger partial charge on any atom is -0.461 e. The summed E-state index contributed by atoms with van der Waals surface area (Å²) in [6.45, 7) is 2.35. The van der Waals surface area contributed by atoms with Crippen molar-refractivity contribution < 1.29 is 22.7 Å². The van der Waals surface area contributed by atoms with Crippen molar-refractivity contribution in [2.45, 2.75) is 38.1 Å². The Labute approximate surface area is 257 Å². The Morgan fingerprint density at radius 1 is 0.977 bits per heavy atom. The molecule has 1 aliphatic rings. The summed E-state index contributed by atoms with van der Waals surface area (Å²) < 4.78 is 42.1. The summed E-state index contributed by atoms with van der Waals surface area (Å²) in [6.07, 6.45) is 2.74. The molecule has 3 N–H and O–H groups in total. The first-order valence-electron chi connectivity index (χ1n) is 14.9. The number of nitrogens with one attached hydrogen (secondary N) is 1. The van der Waals surface area contributed by atoms with Gasteiger partial charge in [0.05, 0.1) is 24.6 Å². The number of hydrogen-bond acceptors (Lipinski definition) is 7. The molecular formula is C34H36N4O5S. The van der Waals surface area contributed by atoms with Crippen LogP contribution >= 0.6 is 0 Å². The summed E-state index contributed by atoms with van der Waals surface area (Å²) >= 11 is 0. The molecule has 3 aromatic carbocycles. The van der Waals surface area contributed by atoms with Crippen molar-refractivity contribution in [3.63, 3.8) is 0 Å². The highest BCUT2D eigenvalue weighted by atomic mass is 32.2. The van der Waals surface area contributed by atoms with E-state index in [1.54, 1.807) is 18.2 Å². The van der Waals surface area contributed by atoms with E-state index in [0.717, 1.165) is 54.2 Å². The van der Waals surface area contributed by atoms with Gasteiger partial charge in [0.1, 0.15) is 11.3 Å². The van der Waals surface area contributed by atoms with Gasteiger partial charge in [-0.2, -0.15) is 0 Å². The summed E-state index contributed by atoms with van der Waals surface area (Å²) in [7, 11) is -3.69. The lowest BCUT2D eigenvalue weighted by Gasteiger charge is -2.21. The third-order valence-electron chi connectivity index (χ3n) is 8.07. The second-order valence-electron chi connectivity index (χ2n) is 11.2. The van der Waals surface area contributed by atoms with E-state index < -0.39 is 16.0 Å². The van der Waals surface area contributed by atoms with Crippen molar-refractivity contribution in [1.29, 1.82) is 0 Å². The summed E-state index contributed by atoms with van der Waals surface area (Å²) in [4.78, 5) is 18.3. The first-order chi connectivity index (χ1) is 21.4. The second-order valence-corrected chi connectivity index (χ2v) is 12.9. The highest BCUT2D eigenvalue weighted by molar-refractivity contribution is 7.91. The van der Waals surface area contributed by atoms with Crippen LogP contribution in [0.5, 0.6) is 0 Å². The molecule has 5 aromatic rings. The van der Waals surface area contributed by atoms with Gasteiger partial charge in [-0.15, -0.1) is 0 Å². The largest absolute Gasteiger partial charge is 0.461 e. The molecule has 0 unspecified atom stereocenters. The van der Waals surface area contributed by atoms with E-state index in [0.29, 0.717) is 40.8 Å². The number of ether oxygens (including phenoxy) is 2. The number of esters is 1. The van der Waals surface area contributed by atoms with Crippen LogP contribution in [0.3, 0.4) is 0 Å². The normalized spacial score (nSPS) is 14.2. The van der Waals surface area contributed by atoms with Crippen LogP contribution in [0.15, 0.2) is 84.9 Å². The molecule has 6 rings (SSSR count). The lowest BCUT2D eigenvalue weighted by Crippen LogP contribution is -2.19. The Kier molecular flexibility index (Phi) is 8.92. The van der Waals surface area contributed by atoms with Gasteiger partial charge in [-0.25, -0.2) is 18.2 Å². The van der Waals surface area contributed by atoms with Gasteiger partial charge < -0.3 is 19.8 Å². The third-order valence-corrected chi connectivity index (χ3v) is 9.33. The van der Waals surface area contributed by atoms with Gasteiger partial charge in [-0.3, -0.25) is 4.72 Å². The molecule has 0 spiro atoms. The van der Waals surface area contributed by atoms with E-state index in [4.69, 9.17) is 20.2 Å². The number of aromatic nitrogens is 2. The predicted molar refractivity (Wildman–Crippen MR) is 172 cm³/mol. The van der Waals surface area contributed by atoms with E-state index >= 15 is 0 Å². The minimum atomic E-state index is -3.69. The zero-order valence-corrected chi connectivity index (χ0v) is 25.3. The van der Waals surface area contributed by atoms with Crippen molar-refractivity contribution in [3.05, 3.63) is 107 Å². The van der Waals surface area contributed by atoms with Crippen LogP contribution in [0, 0.1) is 5.92 Å². The van der Waals surface area contributed by atoms with Crippen LogP contribution in [-0.2, 0) is 38.3 Å². The first kappa shape index (κ1) is 29.8. The maximum atomic E-state index is 13.5. The number of carbonyl (C=O) groups is 1. The molecular weight excluding hydrogens is 576 g/mol. The number of anilines is 1. The van der Waals surface area contributed by atoms with E-state index in [2.05, 4.69) is 4.72 Å². The summed E-state index contributed by atoms with van der Waals surface area (Å²) in [5, 5.41) is 2.60. The van der Waals surface area contributed by atoms with Crippen molar-refractivity contribution in [2.75, 3.05) is 24.5 Å². The summed E-state index contributed by atoms with van der Waals surface area (Å²) in [5.41, 5.74) is 9.58. The Balaban J connectivity index is 1.33. The number of sulfonamides is 1. The number of hydrogen-bond donors (Lipinski definition) is 2. The van der Waals surface area contributed by atoms with Gasteiger partial charge in [0.15, 0.2) is 0 Å². The SMILES string of the molecule is NCc1ccc2cc(C(=O)OCCC3CCOCC3)n(Cc3cc(NS(=O)(=O)Cc4ccccc4)cc4ccccc34)c2n1. The predicted octanol–water partition coefficient (Wildman–Crippen LogP) is 5.61. The highest BCUT2D eigenvalue weighted by Gasteiger charge is 2.21. The fraction of sp³-hybridized carbons (Fsp3) is 0.294. The molecule has 44 heavy (non-hydrogen) atoms. The molecule has 10 heteroatoms. The molecule has 3 heterocycles. The van der Waals surface area contributed by atoms with Crippen molar-refractivity contribution in [3.8, 4) is 0 Å². The maximum Gasteiger partial charge on any atom is 0.355 e. The van der Waals surface area contributed by atoms with Gasteiger partial charge in [0.2, 0.25) is 10.0 Å². The third kappa shape index (κ3) is 6.93. The quantitative estimate of drug-likeness (QED) is 0.186. The van der Waals surface area contributed by atoms with Crippen LogP contribution in [0.1, 0.15) is 46.6 Å². The number of carbonyl (C=O) groups excluding carboxylic acids is 1. The zero-order chi connectivity index (χ0) is 30.5. The fourth-order valence-corrected chi connectivity index (χ4v) is 6.98. The molecule has 0 radical (unpaired) electrons. The standard InChI is InChI=1S/C34H36N4O5S/c35-21-29-11-10-27-20-32(34(39)43-17-14-24-12-15-42-16-13-24)38(33(27)36-29)22-28-19-30(18-26-8-4-5-9-31(26)28)37-44(40,41)23-25-6-2-1-3-7-25/h1-11,18-20,24,37H,12-17,21-23,35H2. The Bertz CT molecular complexity index is 1880. The Morgan fingerprint density at radius 3 is 2.55 bits per heavy atom. The minimum absolute atomic E-state index is 0.145. The smallest absolute Gasteiger partial charge is 0.355 e. The van der Waals surface area contributed by atoms with Gasteiger partial charge in [-0.1, -0.05) is 54.6 Å². The van der Waals surface area contributed by atoms with E-state index in [1.165, 1.54) is 0 Å². The lowest BCUT2D eigenvalue weighted by molar-refractivity contribution is 0.0363. The van der Waals surface area contributed by atoms with E-state index in [1.807, 2.05) is 71.3 Å². The number of nitrogens with two attached hydrogens (primary N) is 1. The fourth-order valence-electron chi connectivity index (χ4n) is 5.80. The summed E-state index contributed by atoms with van der Waals surface area (Å²) in [6, 6.07) is 26.1. The van der Waals surface area contributed by atoms with E-state index in [9.17, 15) is 13.2 Å². The molecule has 0 aliphatic carbocycles. The molecule has 0 saturated carbocycles.